The van der Waals surface area contributed by atoms with Gasteiger partial charge in [0.25, 0.3) is 0 Å². The quantitative estimate of drug-likeness (QED) is 0.385. The fraction of sp³-hybridized carbons (Fsp3) is 0.393. The van der Waals surface area contributed by atoms with Gasteiger partial charge < -0.3 is 20.5 Å². The van der Waals surface area contributed by atoms with Gasteiger partial charge in [0.15, 0.2) is 5.43 Å². The molecule has 3 N–H and O–H groups in total. The van der Waals surface area contributed by atoms with Crippen molar-refractivity contribution in [3.8, 4) is 11.1 Å². The number of hydrogen-bond acceptors (Lipinski definition) is 5. The van der Waals surface area contributed by atoms with Crippen LogP contribution in [0.5, 0.6) is 0 Å². The van der Waals surface area contributed by atoms with Gasteiger partial charge in [-0.05, 0) is 29.4 Å². The molecule has 0 saturated carbocycles. The van der Waals surface area contributed by atoms with E-state index in [9.17, 15) is 19.5 Å². The van der Waals surface area contributed by atoms with Gasteiger partial charge in [-0.2, -0.15) is 0 Å². The molecule has 0 aromatic heterocycles. The van der Waals surface area contributed by atoms with Crippen LogP contribution >= 0.6 is 0 Å². The number of amides is 2. The Morgan fingerprint density at radius 3 is 2.09 bits per heavy atom. The molecule has 3 aromatic carbocycles. The summed E-state index contributed by atoms with van der Waals surface area (Å²) in [5.74, 6) is -0.459. The molecule has 3 atom stereocenters. The van der Waals surface area contributed by atoms with Gasteiger partial charge in [0.1, 0.15) is 18.8 Å². The number of alkyl carbamates (subject to hydrolysis) is 1. The van der Waals surface area contributed by atoms with E-state index in [0.717, 1.165) is 11.1 Å². The highest BCUT2D eigenvalue weighted by atomic mass is 16.5. The number of nitrogens with one attached hydrogen (secondary N) is 2. The van der Waals surface area contributed by atoms with Crippen LogP contribution in [0.3, 0.4) is 0 Å². The van der Waals surface area contributed by atoms with Gasteiger partial charge in [-0.25, -0.2) is 4.79 Å². The molecule has 35 heavy (non-hydrogen) atoms. The number of hydrogen-bond donors (Lipinski definition) is 3. The van der Waals surface area contributed by atoms with E-state index in [2.05, 4.69) is 10.6 Å². The van der Waals surface area contributed by atoms with E-state index in [4.69, 9.17) is 4.74 Å². The third-order valence-electron chi connectivity index (χ3n) is 5.93. The molecule has 7 nitrogen and oxygen atoms in total. The molecule has 3 rings (SSSR count). The zero-order valence-electron chi connectivity index (χ0n) is 20.7. The Morgan fingerprint density at radius 1 is 0.914 bits per heavy atom. The molecular weight excluding hydrogens is 444 g/mol. The minimum absolute atomic E-state index is 0.0918. The fourth-order valence-electron chi connectivity index (χ4n) is 4.02. The summed E-state index contributed by atoms with van der Waals surface area (Å²) in [6.45, 7) is 7.72. The molecule has 0 saturated heterocycles. The van der Waals surface area contributed by atoms with Crippen LogP contribution in [0.2, 0.25) is 0 Å². The van der Waals surface area contributed by atoms with Crippen molar-refractivity contribution in [2.24, 2.45) is 11.8 Å². The average Bonchev–Trinajstić information content (AvgIpc) is 3.51. The molecule has 0 aliphatic rings. The highest BCUT2D eigenvalue weighted by molar-refractivity contribution is 5.86. The first kappa shape index (κ1) is 26.2. The summed E-state index contributed by atoms with van der Waals surface area (Å²) >= 11 is 0. The third kappa shape index (κ3) is 7.02. The summed E-state index contributed by atoms with van der Waals surface area (Å²) in [6, 6.07) is 16.9. The largest absolute Gasteiger partial charge is 0.445 e. The second-order valence-electron chi connectivity index (χ2n) is 9.60. The van der Waals surface area contributed by atoms with Gasteiger partial charge in [0.05, 0.1) is 6.04 Å². The summed E-state index contributed by atoms with van der Waals surface area (Å²) < 4.78 is 5.28. The van der Waals surface area contributed by atoms with Gasteiger partial charge >= 0.3 is 6.09 Å². The zero-order chi connectivity index (χ0) is 25.5. The Labute approximate surface area is 206 Å². The first-order valence-electron chi connectivity index (χ1n) is 12.0. The molecular formula is C28H34N2O5. The lowest BCUT2D eigenvalue weighted by molar-refractivity contribution is -0.125. The summed E-state index contributed by atoms with van der Waals surface area (Å²) in [5.41, 5.74) is 2.23. The molecule has 1 unspecified atom stereocenters. The maximum atomic E-state index is 13.2. The van der Waals surface area contributed by atoms with Crippen LogP contribution < -0.4 is 16.1 Å². The Bertz CT molecular complexity index is 1120. The van der Waals surface area contributed by atoms with E-state index in [1.807, 2.05) is 88.4 Å². The SMILES string of the molecule is CC(C)C[C@H](NC(=O)OCc1ccccc1)C(=O)N[C@@H](C(C)C)C(O)c1c(-c2ccccc2)c1=O. The highest BCUT2D eigenvalue weighted by Gasteiger charge is 2.37. The Hall–Kier alpha value is -3.45. The number of carbonyl (C=O) groups is 2. The number of aliphatic hydroxyl groups is 1. The third-order valence-corrected chi connectivity index (χ3v) is 5.93. The lowest BCUT2D eigenvalue weighted by Crippen LogP contribution is -2.52. The molecule has 0 bridgehead atoms. The Kier molecular flexibility index (Phi) is 8.82. The van der Waals surface area contributed by atoms with Crippen molar-refractivity contribution in [2.75, 3.05) is 0 Å². The van der Waals surface area contributed by atoms with E-state index < -0.39 is 30.2 Å². The van der Waals surface area contributed by atoms with Crippen molar-refractivity contribution in [3.63, 3.8) is 0 Å². The van der Waals surface area contributed by atoms with E-state index in [1.54, 1.807) is 0 Å². The summed E-state index contributed by atoms with van der Waals surface area (Å²) in [4.78, 5) is 38.1. The normalized spacial score (nSPS) is 14.0. The van der Waals surface area contributed by atoms with Crippen molar-refractivity contribution < 1.29 is 19.4 Å². The first-order valence-corrected chi connectivity index (χ1v) is 12.0. The molecule has 0 radical (unpaired) electrons. The Morgan fingerprint density at radius 2 is 1.51 bits per heavy atom. The standard InChI is InChI=1S/C28H34N2O5/c1-17(2)15-21(29-28(34)35-16-19-11-7-5-8-12-19)27(33)30-24(18(3)4)26(32)23-22(25(23)31)20-13-9-6-10-14-20/h5-14,17-18,21,24,26,32H,15-16H2,1-4H3,(H,29,34)(H,30,33)/t21-,24-,26?/m0/s1. The number of benzene rings is 2. The van der Waals surface area contributed by atoms with Crippen LogP contribution in [0.25, 0.3) is 11.1 Å². The van der Waals surface area contributed by atoms with Gasteiger partial charge in [-0.15, -0.1) is 0 Å². The van der Waals surface area contributed by atoms with Gasteiger partial charge in [0.2, 0.25) is 5.91 Å². The molecule has 0 spiro atoms. The summed E-state index contributed by atoms with van der Waals surface area (Å²) in [7, 11) is 0. The minimum Gasteiger partial charge on any atom is -0.445 e. The van der Waals surface area contributed by atoms with Crippen LogP contribution in [0.4, 0.5) is 4.79 Å². The van der Waals surface area contributed by atoms with E-state index in [0.29, 0.717) is 17.5 Å². The van der Waals surface area contributed by atoms with Crippen LogP contribution in [-0.4, -0.2) is 29.2 Å². The van der Waals surface area contributed by atoms with Crippen molar-refractivity contribution in [2.45, 2.75) is 58.9 Å². The lowest BCUT2D eigenvalue weighted by Gasteiger charge is -2.29. The topological polar surface area (TPSA) is 105 Å². The predicted octanol–water partition coefficient (Wildman–Crippen LogP) is 4.10. The maximum Gasteiger partial charge on any atom is 0.408 e. The molecule has 7 heteroatoms. The molecule has 0 heterocycles. The molecule has 186 valence electrons. The summed E-state index contributed by atoms with van der Waals surface area (Å²) in [5, 5.41) is 16.5. The van der Waals surface area contributed by atoms with Gasteiger partial charge in [-0.3, -0.25) is 9.59 Å². The first-order chi connectivity index (χ1) is 16.7. The predicted molar refractivity (Wildman–Crippen MR) is 135 cm³/mol. The number of carbonyl (C=O) groups excluding carboxylic acids is 2. The Balaban J connectivity index is 1.67. The van der Waals surface area contributed by atoms with E-state index in [-0.39, 0.29) is 23.9 Å². The second-order valence-corrected chi connectivity index (χ2v) is 9.60. The maximum absolute atomic E-state index is 13.2. The van der Waals surface area contributed by atoms with Crippen molar-refractivity contribution >= 4 is 12.0 Å². The highest BCUT2D eigenvalue weighted by Crippen LogP contribution is 2.33. The van der Waals surface area contributed by atoms with Gasteiger partial charge in [0, 0.05) is 11.1 Å². The molecule has 0 aliphatic heterocycles. The van der Waals surface area contributed by atoms with Crippen LogP contribution in [0.1, 0.15) is 51.3 Å². The fourth-order valence-corrected chi connectivity index (χ4v) is 4.02. The van der Waals surface area contributed by atoms with E-state index in [1.165, 1.54) is 0 Å². The van der Waals surface area contributed by atoms with Crippen molar-refractivity contribution in [1.82, 2.24) is 10.6 Å². The smallest absolute Gasteiger partial charge is 0.408 e. The second kappa shape index (κ2) is 11.8. The number of aliphatic hydroxyl groups excluding tert-OH is 1. The molecule has 0 aliphatic carbocycles. The number of ether oxygens (including phenoxy) is 1. The van der Waals surface area contributed by atoms with E-state index >= 15 is 0 Å². The van der Waals surface area contributed by atoms with Crippen LogP contribution in [0.15, 0.2) is 65.5 Å². The van der Waals surface area contributed by atoms with Gasteiger partial charge in [-0.1, -0.05) is 88.4 Å². The number of rotatable bonds is 11. The van der Waals surface area contributed by atoms with Crippen LogP contribution in [-0.2, 0) is 16.1 Å². The monoisotopic (exact) mass is 478 g/mol. The summed E-state index contributed by atoms with van der Waals surface area (Å²) in [6.07, 6.45) is -1.45. The minimum atomic E-state index is -1.15. The van der Waals surface area contributed by atoms with Crippen molar-refractivity contribution in [1.29, 1.82) is 0 Å². The van der Waals surface area contributed by atoms with Crippen molar-refractivity contribution in [3.05, 3.63) is 82.0 Å². The lowest BCUT2D eigenvalue weighted by atomic mass is 9.95. The van der Waals surface area contributed by atoms with Crippen LogP contribution in [0, 0.1) is 11.8 Å². The average molecular weight is 479 g/mol. The molecule has 2 amide bonds. The molecule has 0 fully saturated rings. The zero-order valence-corrected chi connectivity index (χ0v) is 20.7. The molecule has 3 aromatic rings.